The van der Waals surface area contributed by atoms with Crippen molar-refractivity contribution in [3.63, 3.8) is 0 Å². The van der Waals surface area contributed by atoms with Gasteiger partial charge in [0.15, 0.2) is 0 Å². The van der Waals surface area contributed by atoms with Crippen LogP contribution in [0.4, 0.5) is 5.00 Å². The second-order valence-electron chi connectivity index (χ2n) is 7.63. The predicted octanol–water partition coefficient (Wildman–Crippen LogP) is 2.26. The Morgan fingerprint density at radius 3 is 2.73 bits per heavy atom. The minimum atomic E-state index is -0.538. The highest BCUT2D eigenvalue weighted by Crippen LogP contribution is 2.39. The van der Waals surface area contributed by atoms with Gasteiger partial charge in [0.05, 0.1) is 24.8 Å². The summed E-state index contributed by atoms with van der Waals surface area (Å²) in [6.07, 6.45) is 3.23. The van der Waals surface area contributed by atoms with Gasteiger partial charge in [-0.05, 0) is 49.3 Å². The van der Waals surface area contributed by atoms with Crippen LogP contribution in [0.1, 0.15) is 45.3 Å². The molecule has 1 aromatic heterocycles. The Bertz CT molecular complexity index is 1000. The first-order valence-electron chi connectivity index (χ1n) is 10.2. The third-order valence-corrected chi connectivity index (χ3v) is 6.88. The van der Waals surface area contributed by atoms with Gasteiger partial charge in [-0.15, -0.1) is 11.3 Å². The molecule has 0 saturated carbocycles. The van der Waals surface area contributed by atoms with Crippen LogP contribution in [0.25, 0.3) is 0 Å². The van der Waals surface area contributed by atoms with Gasteiger partial charge in [-0.1, -0.05) is 24.3 Å². The molecule has 30 heavy (non-hydrogen) atoms. The molecule has 1 aliphatic carbocycles. The lowest BCUT2D eigenvalue weighted by Crippen LogP contribution is -2.50. The molecule has 1 aliphatic heterocycles. The van der Waals surface area contributed by atoms with E-state index in [-0.39, 0.29) is 19.1 Å². The summed E-state index contributed by atoms with van der Waals surface area (Å²) in [6.45, 7) is 2.54. The molecule has 2 amide bonds. The number of amides is 2. The predicted molar refractivity (Wildman–Crippen MR) is 114 cm³/mol. The fourth-order valence-electron chi connectivity index (χ4n) is 4.29. The van der Waals surface area contributed by atoms with E-state index in [1.54, 1.807) is 11.8 Å². The number of carbonyl (C=O) groups excluding carboxylic acids is 3. The minimum absolute atomic E-state index is 0.0206. The van der Waals surface area contributed by atoms with Crippen molar-refractivity contribution in [1.82, 2.24) is 4.90 Å². The Labute approximate surface area is 179 Å². The average molecular weight is 428 g/mol. The van der Waals surface area contributed by atoms with Crippen molar-refractivity contribution in [3.8, 4) is 0 Å². The number of hydrogen-bond donors (Lipinski definition) is 2. The second-order valence-corrected chi connectivity index (χ2v) is 8.73. The minimum Gasteiger partial charge on any atom is -0.462 e. The van der Waals surface area contributed by atoms with Crippen LogP contribution >= 0.6 is 11.3 Å². The summed E-state index contributed by atoms with van der Waals surface area (Å²) >= 11 is 1.45. The van der Waals surface area contributed by atoms with Crippen LogP contribution in [0.3, 0.4) is 0 Å². The monoisotopic (exact) mass is 427 g/mol. The lowest BCUT2D eigenvalue weighted by Gasteiger charge is -2.34. The van der Waals surface area contributed by atoms with Gasteiger partial charge < -0.3 is 15.8 Å². The number of hydrogen-bond acceptors (Lipinski definition) is 6. The molecular weight excluding hydrogens is 402 g/mol. The number of nitrogens with zero attached hydrogens (tertiary/aromatic N) is 1. The highest BCUT2D eigenvalue weighted by molar-refractivity contribution is 7.17. The summed E-state index contributed by atoms with van der Waals surface area (Å²) in [7, 11) is 0. The number of benzene rings is 1. The zero-order chi connectivity index (χ0) is 21.3. The molecule has 0 spiro atoms. The van der Waals surface area contributed by atoms with Gasteiger partial charge in [0, 0.05) is 11.4 Å². The van der Waals surface area contributed by atoms with E-state index in [0.29, 0.717) is 23.5 Å². The number of ether oxygens (including phenoxy) is 1. The van der Waals surface area contributed by atoms with E-state index in [1.807, 2.05) is 24.3 Å². The zero-order valence-corrected chi connectivity index (χ0v) is 17.7. The van der Waals surface area contributed by atoms with Crippen molar-refractivity contribution in [2.24, 2.45) is 5.73 Å². The molecule has 1 atom stereocenters. The van der Waals surface area contributed by atoms with Crippen molar-refractivity contribution in [2.45, 2.75) is 45.2 Å². The zero-order valence-electron chi connectivity index (χ0n) is 16.9. The smallest absolute Gasteiger partial charge is 0.341 e. The third-order valence-electron chi connectivity index (χ3n) is 5.67. The first-order valence-corrected chi connectivity index (χ1v) is 11.0. The highest BCUT2D eigenvalue weighted by atomic mass is 32.1. The summed E-state index contributed by atoms with van der Waals surface area (Å²) in [5.74, 6) is -1.11. The number of primary amides is 1. The van der Waals surface area contributed by atoms with Gasteiger partial charge >= 0.3 is 5.97 Å². The molecule has 2 aromatic rings. The van der Waals surface area contributed by atoms with Gasteiger partial charge in [0.25, 0.3) is 0 Å². The van der Waals surface area contributed by atoms with Gasteiger partial charge in [-0.2, -0.15) is 0 Å². The maximum absolute atomic E-state index is 12.9. The summed E-state index contributed by atoms with van der Waals surface area (Å²) in [5.41, 5.74) is 9.27. The molecule has 0 unspecified atom stereocenters. The van der Waals surface area contributed by atoms with E-state index in [4.69, 9.17) is 10.5 Å². The van der Waals surface area contributed by atoms with Crippen molar-refractivity contribution >= 4 is 34.1 Å². The SMILES string of the molecule is CCOC(=O)c1c(NC(=O)CN2Cc3ccccc3C[C@H]2C(N)=O)sc2c1CCC2. The van der Waals surface area contributed by atoms with E-state index in [9.17, 15) is 14.4 Å². The summed E-state index contributed by atoms with van der Waals surface area (Å²) in [4.78, 5) is 40.3. The summed E-state index contributed by atoms with van der Waals surface area (Å²) in [6, 6.07) is 7.33. The van der Waals surface area contributed by atoms with E-state index >= 15 is 0 Å². The Hall–Kier alpha value is -2.71. The van der Waals surface area contributed by atoms with Crippen LogP contribution in [0.15, 0.2) is 24.3 Å². The number of carbonyl (C=O) groups is 3. The van der Waals surface area contributed by atoms with Crippen LogP contribution in [-0.2, 0) is 40.1 Å². The number of thiophene rings is 1. The van der Waals surface area contributed by atoms with Gasteiger partial charge in [0.1, 0.15) is 5.00 Å². The van der Waals surface area contributed by atoms with E-state index in [0.717, 1.165) is 40.8 Å². The molecule has 4 rings (SSSR count). The molecular formula is C22H25N3O4S. The average Bonchev–Trinajstić information content (AvgIpc) is 3.28. The maximum Gasteiger partial charge on any atom is 0.341 e. The molecule has 158 valence electrons. The lowest BCUT2D eigenvalue weighted by molar-refractivity contribution is -0.125. The Morgan fingerprint density at radius 1 is 1.23 bits per heavy atom. The maximum atomic E-state index is 12.9. The fraction of sp³-hybridized carbons (Fsp3) is 0.409. The van der Waals surface area contributed by atoms with Crippen LogP contribution in [0.2, 0.25) is 0 Å². The fourth-order valence-corrected chi connectivity index (χ4v) is 5.58. The first kappa shape index (κ1) is 20.6. The molecule has 2 heterocycles. The van der Waals surface area contributed by atoms with Gasteiger partial charge in [0.2, 0.25) is 11.8 Å². The summed E-state index contributed by atoms with van der Waals surface area (Å²) < 4.78 is 5.22. The van der Waals surface area contributed by atoms with Crippen molar-refractivity contribution in [3.05, 3.63) is 51.4 Å². The van der Waals surface area contributed by atoms with E-state index in [2.05, 4.69) is 5.32 Å². The third kappa shape index (κ3) is 3.97. The van der Waals surface area contributed by atoms with Gasteiger partial charge in [-0.3, -0.25) is 14.5 Å². The number of fused-ring (bicyclic) bond motifs is 2. The molecule has 0 bridgehead atoms. The quantitative estimate of drug-likeness (QED) is 0.689. The molecule has 7 nitrogen and oxygen atoms in total. The normalized spacial score (nSPS) is 17.8. The molecule has 0 saturated heterocycles. The molecule has 8 heteroatoms. The summed E-state index contributed by atoms with van der Waals surface area (Å²) in [5, 5.41) is 3.43. The Kier molecular flexibility index (Phi) is 5.87. The molecule has 0 fully saturated rings. The van der Waals surface area contributed by atoms with E-state index in [1.165, 1.54) is 11.3 Å². The van der Waals surface area contributed by atoms with Crippen molar-refractivity contribution < 1.29 is 19.1 Å². The first-order chi connectivity index (χ1) is 14.5. The molecule has 2 aliphatic rings. The number of nitrogens with one attached hydrogen (secondary N) is 1. The highest BCUT2D eigenvalue weighted by Gasteiger charge is 2.32. The standard InChI is InChI=1S/C22H25N3O4S/c1-2-29-22(28)19-15-8-5-9-17(15)30-21(19)24-18(26)12-25-11-14-7-4-3-6-13(14)10-16(25)20(23)27/h3-4,6-7,16H,2,5,8-12H2,1H3,(H2,23,27)(H,24,26)/t16-/m0/s1. The van der Waals surface area contributed by atoms with Crippen LogP contribution in [0, 0.1) is 0 Å². The molecule has 0 radical (unpaired) electrons. The van der Waals surface area contributed by atoms with Crippen LogP contribution < -0.4 is 11.1 Å². The Morgan fingerprint density at radius 2 is 2.00 bits per heavy atom. The van der Waals surface area contributed by atoms with Crippen LogP contribution in [-0.4, -0.2) is 41.9 Å². The second kappa shape index (κ2) is 8.57. The van der Waals surface area contributed by atoms with E-state index < -0.39 is 17.9 Å². The molecule has 3 N–H and O–H groups in total. The van der Waals surface area contributed by atoms with Crippen LogP contribution in [0.5, 0.6) is 0 Å². The number of nitrogens with two attached hydrogens (primary N) is 1. The molecule has 1 aromatic carbocycles. The number of esters is 1. The van der Waals surface area contributed by atoms with Crippen molar-refractivity contribution in [2.75, 3.05) is 18.5 Å². The number of aryl methyl sites for hydroxylation is 1. The van der Waals surface area contributed by atoms with Gasteiger partial charge in [-0.25, -0.2) is 4.79 Å². The topological polar surface area (TPSA) is 102 Å². The van der Waals surface area contributed by atoms with Crippen molar-refractivity contribution in [1.29, 1.82) is 0 Å². The lowest BCUT2D eigenvalue weighted by atomic mass is 9.93. The largest absolute Gasteiger partial charge is 0.462 e. The Balaban J connectivity index is 1.52. The number of rotatable bonds is 6. The number of anilines is 1.